The Bertz CT molecular complexity index is 411. The number of alkyl halides is 2. The van der Waals surface area contributed by atoms with E-state index >= 15 is 0 Å². The largest absolute Gasteiger partial charge is 0.475 e. The number of halogens is 2. The topological polar surface area (TPSA) is 63.3 Å². The highest BCUT2D eigenvalue weighted by molar-refractivity contribution is 5.85. The van der Waals surface area contributed by atoms with Crippen LogP contribution in [0.25, 0.3) is 0 Å². The Kier molecular flexibility index (Phi) is 3.40. The lowest BCUT2D eigenvalue weighted by molar-refractivity contribution is 0.0643. The third-order valence-corrected chi connectivity index (χ3v) is 3.03. The van der Waals surface area contributed by atoms with Crippen LogP contribution in [0.15, 0.2) is 4.42 Å². The number of aromatic carboxylic acids is 1. The van der Waals surface area contributed by atoms with E-state index in [2.05, 4.69) is 4.98 Å². The average molecular weight is 245 g/mol. The minimum atomic E-state index is -2.91. The van der Waals surface area contributed by atoms with Crippen LogP contribution in [0.2, 0.25) is 0 Å². The SMILES string of the molecule is O=C(O)c1oc(C2CCCCC2)nc1C(F)F. The highest BCUT2D eigenvalue weighted by atomic mass is 19.3. The normalized spacial score (nSPS) is 17.6. The summed E-state index contributed by atoms with van der Waals surface area (Å²) >= 11 is 0. The van der Waals surface area contributed by atoms with E-state index in [4.69, 9.17) is 9.52 Å². The van der Waals surface area contributed by atoms with Crippen molar-refractivity contribution in [1.29, 1.82) is 0 Å². The van der Waals surface area contributed by atoms with Gasteiger partial charge in [-0.2, -0.15) is 0 Å². The Morgan fingerprint density at radius 1 is 1.35 bits per heavy atom. The van der Waals surface area contributed by atoms with Crippen LogP contribution >= 0.6 is 0 Å². The van der Waals surface area contributed by atoms with Gasteiger partial charge in [0.1, 0.15) is 0 Å². The summed E-state index contributed by atoms with van der Waals surface area (Å²) in [5.74, 6) is -2.08. The van der Waals surface area contributed by atoms with Crippen molar-refractivity contribution in [3.05, 3.63) is 17.3 Å². The zero-order valence-electron chi connectivity index (χ0n) is 9.16. The predicted molar refractivity (Wildman–Crippen MR) is 54.2 cm³/mol. The molecule has 1 aliphatic carbocycles. The standard InChI is InChI=1S/C11H13F2NO3/c12-9(13)7-8(11(15)16)17-10(14-7)6-4-2-1-3-5-6/h6,9H,1-5H2,(H,15,16). The number of aromatic nitrogens is 1. The third-order valence-electron chi connectivity index (χ3n) is 3.03. The van der Waals surface area contributed by atoms with Gasteiger partial charge in [-0.3, -0.25) is 0 Å². The summed E-state index contributed by atoms with van der Waals surface area (Å²) in [5.41, 5.74) is -0.752. The molecule has 0 bridgehead atoms. The molecule has 4 nitrogen and oxygen atoms in total. The minimum absolute atomic E-state index is 0.0191. The van der Waals surface area contributed by atoms with E-state index in [9.17, 15) is 13.6 Å². The molecule has 1 aromatic heterocycles. The minimum Gasteiger partial charge on any atom is -0.475 e. The van der Waals surface area contributed by atoms with E-state index in [1.807, 2.05) is 0 Å². The molecule has 6 heteroatoms. The molecule has 1 fully saturated rings. The molecule has 0 aliphatic heterocycles. The number of rotatable bonds is 3. The summed E-state index contributed by atoms with van der Waals surface area (Å²) in [6.45, 7) is 0. The van der Waals surface area contributed by atoms with Crippen LogP contribution in [-0.2, 0) is 0 Å². The molecule has 1 N–H and O–H groups in total. The molecule has 0 amide bonds. The van der Waals surface area contributed by atoms with E-state index in [0.717, 1.165) is 32.1 Å². The maximum Gasteiger partial charge on any atom is 0.374 e. The van der Waals surface area contributed by atoms with Crippen molar-refractivity contribution in [3.63, 3.8) is 0 Å². The van der Waals surface area contributed by atoms with Crippen molar-refractivity contribution < 1.29 is 23.1 Å². The summed E-state index contributed by atoms with van der Waals surface area (Å²) < 4.78 is 30.2. The molecule has 2 rings (SSSR count). The monoisotopic (exact) mass is 245 g/mol. The van der Waals surface area contributed by atoms with Crippen molar-refractivity contribution in [2.75, 3.05) is 0 Å². The average Bonchev–Trinajstić information content (AvgIpc) is 2.75. The Hall–Kier alpha value is -1.46. The lowest BCUT2D eigenvalue weighted by atomic mass is 9.89. The molecule has 94 valence electrons. The van der Waals surface area contributed by atoms with Gasteiger partial charge in [0, 0.05) is 5.92 Å². The summed E-state index contributed by atoms with van der Waals surface area (Å²) in [6.07, 6.45) is 1.84. The van der Waals surface area contributed by atoms with Crippen LogP contribution < -0.4 is 0 Å². The third kappa shape index (κ3) is 2.45. The molecule has 1 aliphatic rings. The van der Waals surface area contributed by atoms with E-state index in [1.165, 1.54) is 0 Å². The van der Waals surface area contributed by atoms with Crippen LogP contribution in [0.3, 0.4) is 0 Å². The number of nitrogens with zero attached hydrogens (tertiary/aromatic N) is 1. The molecule has 0 spiro atoms. The van der Waals surface area contributed by atoms with E-state index in [1.54, 1.807) is 0 Å². The smallest absolute Gasteiger partial charge is 0.374 e. The Morgan fingerprint density at radius 3 is 2.47 bits per heavy atom. The molecule has 0 atom stereocenters. The molecule has 1 saturated carbocycles. The molecular formula is C11H13F2NO3. The number of hydrogen-bond donors (Lipinski definition) is 1. The maximum absolute atomic E-state index is 12.6. The molecule has 1 heterocycles. The second-order valence-corrected chi connectivity index (χ2v) is 4.21. The first-order chi connectivity index (χ1) is 8.09. The fraction of sp³-hybridized carbons (Fsp3) is 0.636. The van der Waals surface area contributed by atoms with Gasteiger partial charge in [-0.15, -0.1) is 0 Å². The Morgan fingerprint density at radius 2 is 2.00 bits per heavy atom. The zero-order valence-corrected chi connectivity index (χ0v) is 9.16. The molecule has 0 radical (unpaired) electrons. The molecular weight excluding hydrogens is 232 g/mol. The van der Waals surface area contributed by atoms with Gasteiger partial charge in [0.05, 0.1) is 0 Å². The highest BCUT2D eigenvalue weighted by Crippen LogP contribution is 2.34. The number of oxazole rings is 1. The first-order valence-electron chi connectivity index (χ1n) is 5.61. The van der Waals surface area contributed by atoms with Crippen LogP contribution in [0.5, 0.6) is 0 Å². The fourth-order valence-electron chi connectivity index (χ4n) is 2.17. The van der Waals surface area contributed by atoms with Gasteiger partial charge in [-0.1, -0.05) is 19.3 Å². The number of carbonyl (C=O) groups is 1. The zero-order chi connectivity index (χ0) is 12.4. The van der Waals surface area contributed by atoms with E-state index in [0.29, 0.717) is 0 Å². The van der Waals surface area contributed by atoms with Gasteiger partial charge in [-0.05, 0) is 12.8 Å². The van der Waals surface area contributed by atoms with Gasteiger partial charge in [-0.25, -0.2) is 18.6 Å². The van der Waals surface area contributed by atoms with Crippen molar-refractivity contribution in [3.8, 4) is 0 Å². The molecule has 0 aromatic carbocycles. The fourth-order valence-corrected chi connectivity index (χ4v) is 2.17. The Balaban J connectivity index is 2.29. The van der Waals surface area contributed by atoms with Crippen molar-refractivity contribution >= 4 is 5.97 Å². The summed E-state index contributed by atoms with van der Waals surface area (Å²) in [4.78, 5) is 14.4. The molecule has 17 heavy (non-hydrogen) atoms. The molecule has 1 aromatic rings. The lowest BCUT2D eigenvalue weighted by Crippen LogP contribution is -2.04. The van der Waals surface area contributed by atoms with E-state index in [-0.39, 0.29) is 11.8 Å². The second kappa shape index (κ2) is 4.81. The summed E-state index contributed by atoms with van der Waals surface area (Å²) in [7, 11) is 0. The van der Waals surface area contributed by atoms with Gasteiger partial charge < -0.3 is 9.52 Å². The highest BCUT2D eigenvalue weighted by Gasteiger charge is 2.29. The predicted octanol–water partition coefficient (Wildman–Crippen LogP) is 3.36. The lowest BCUT2D eigenvalue weighted by Gasteiger charge is -2.17. The Labute approximate surface area is 96.6 Å². The maximum atomic E-state index is 12.6. The second-order valence-electron chi connectivity index (χ2n) is 4.21. The van der Waals surface area contributed by atoms with Crippen molar-refractivity contribution in [2.24, 2.45) is 0 Å². The van der Waals surface area contributed by atoms with Crippen LogP contribution in [0.1, 0.15) is 66.6 Å². The van der Waals surface area contributed by atoms with Gasteiger partial charge in [0.25, 0.3) is 6.43 Å². The van der Waals surface area contributed by atoms with Gasteiger partial charge in [0.15, 0.2) is 11.6 Å². The van der Waals surface area contributed by atoms with Crippen LogP contribution in [-0.4, -0.2) is 16.1 Å². The summed E-state index contributed by atoms with van der Waals surface area (Å²) in [6, 6.07) is 0. The summed E-state index contributed by atoms with van der Waals surface area (Å²) in [5, 5.41) is 8.76. The molecule has 0 unspecified atom stereocenters. The first kappa shape index (κ1) is 12.0. The molecule has 0 saturated heterocycles. The first-order valence-corrected chi connectivity index (χ1v) is 5.61. The van der Waals surface area contributed by atoms with Crippen LogP contribution in [0, 0.1) is 0 Å². The number of carboxylic acids is 1. The van der Waals surface area contributed by atoms with Gasteiger partial charge in [0.2, 0.25) is 5.76 Å². The number of hydrogen-bond acceptors (Lipinski definition) is 3. The number of carboxylic acid groups (broad SMARTS) is 1. The quantitative estimate of drug-likeness (QED) is 0.886. The van der Waals surface area contributed by atoms with Gasteiger partial charge >= 0.3 is 5.97 Å². The van der Waals surface area contributed by atoms with Crippen LogP contribution in [0.4, 0.5) is 8.78 Å². The van der Waals surface area contributed by atoms with E-state index < -0.39 is 23.8 Å². The van der Waals surface area contributed by atoms with Crippen molar-refractivity contribution in [1.82, 2.24) is 4.98 Å². The van der Waals surface area contributed by atoms with Crippen molar-refractivity contribution in [2.45, 2.75) is 44.4 Å².